The fraction of sp³-hybridized carbons (Fsp3) is 0.647. The number of hydrogen-bond acceptors (Lipinski definition) is 3. The lowest BCUT2D eigenvalue weighted by molar-refractivity contribution is -0.0355. The largest absolute Gasteiger partial charge is 0.412 e. The predicted octanol–water partition coefficient (Wildman–Crippen LogP) is 5.25. The molecule has 23 heavy (non-hydrogen) atoms. The first kappa shape index (κ1) is 18.6. The minimum Gasteiger partial charge on any atom is -0.412 e. The molecule has 0 unspecified atom stereocenters. The third-order valence-electron chi connectivity index (χ3n) is 5.15. The Morgan fingerprint density at radius 3 is 2.52 bits per heavy atom. The van der Waals surface area contributed by atoms with Crippen molar-refractivity contribution >= 4 is 25.7 Å². The van der Waals surface area contributed by atoms with Crippen molar-refractivity contribution in [1.82, 2.24) is 4.98 Å². The maximum absolute atomic E-state index is 14.0. The van der Waals surface area contributed by atoms with Gasteiger partial charge in [-0.05, 0) is 44.0 Å². The van der Waals surface area contributed by atoms with Gasteiger partial charge in [0.2, 0.25) is 0 Å². The van der Waals surface area contributed by atoms with Gasteiger partial charge in [0.15, 0.2) is 25.1 Å². The van der Waals surface area contributed by atoms with Crippen LogP contribution in [0.1, 0.15) is 50.9 Å². The Kier molecular flexibility index (Phi) is 4.79. The molecule has 128 valence electrons. The Hall–Kier alpha value is -0.783. The third kappa shape index (κ3) is 3.67. The summed E-state index contributed by atoms with van der Waals surface area (Å²) < 4.78 is 20.4. The van der Waals surface area contributed by atoms with Crippen molar-refractivity contribution in [3.63, 3.8) is 0 Å². The zero-order chi connectivity index (χ0) is 17.6. The highest BCUT2D eigenvalue weighted by atomic mass is 35.5. The Bertz CT molecular complexity index is 622. The van der Waals surface area contributed by atoms with Crippen LogP contribution >= 0.6 is 11.6 Å². The topological polar surface area (TPSA) is 39.2 Å². The molecule has 0 radical (unpaired) electrons. The van der Waals surface area contributed by atoms with Crippen molar-refractivity contribution in [1.29, 1.82) is 0 Å². The SMILES string of the molecule is CC1(O[Si](C)(C)C(C)(C)C)CC(C(=O)c2ccnc(Cl)c2F)C1. The monoisotopic (exact) mass is 357 g/mol. The van der Waals surface area contributed by atoms with E-state index in [9.17, 15) is 9.18 Å². The molecule has 0 bridgehead atoms. The van der Waals surface area contributed by atoms with Crippen LogP contribution in [0, 0.1) is 11.7 Å². The molecule has 2 rings (SSSR count). The molecule has 1 aromatic heterocycles. The second-order valence-electron chi connectivity index (χ2n) is 8.25. The van der Waals surface area contributed by atoms with Crippen LogP contribution in [0.5, 0.6) is 0 Å². The maximum Gasteiger partial charge on any atom is 0.192 e. The Morgan fingerprint density at radius 2 is 2.00 bits per heavy atom. The van der Waals surface area contributed by atoms with E-state index in [1.54, 1.807) is 0 Å². The van der Waals surface area contributed by atoms with Gasteiger partial charge in [-0.2, -0.15) is 0 Å². The summed E-state index contributed by atoms with van der Waals surface area (Å²) in [4.78, 5) is 16.1. The number of carbonyl (C=O) groups is 1. The van der Waals surface area contributed by atoms with Gasteiger partial charge in [-0.1, -0.05) is 32.4 Å². The Labute approximate surface area is 143 Å². The zero-order valence-corrected chi connectivity index (χ0v) is 16.4. The van der Waals surface area contributed by atoms with E-state index in [1.807, 2.05) is 6.92 Å². The number of carbonyl (C=O) groups excluding carboxylic acids is 1. The second kappa shape index (κ2) is 5.94. The number of aromatic nitrogens is 1. The first-order chi connectivity index (χ1) is 10.4. The molecule has 1 aromatic rings. The summed E-state index contributed by atoms with van der Waals surface area (Å²) in [5, 5.41) is -0.133. The summed E-state index contributed by atoms with van der Waals surface area (Å²) in [6, 6.07) is 1.40. The molecule has 0 aromatic carbocycles. The first-order valence-corrected chi connectivity index (χ1v) is 11.2. The summed E-state index contributed by atoms with van der Waals surface area (Å²) in [5.41, 5.74) is -0.263. The van der Waals surface area contributed by atoms with E-state index >= 15 is 0 Å². The van der Waals surface area contributed by atoms with Crippen molar-refractivity contribution in [2.75, 3.05) is 0 Å². The quantitative estimate of drug-likeness (QED) is 0.420. The van der Waals surface area contributed by atoms with Crippen LogP contribution in [-0.2, 0) is 4.43 Å². The van der Waals surface area contributed by atoms with Crippen LogP contribution in [0.3, 0.4) is 0 Å². The van der Waals surface area contributed by atoms with Gasteiger partial charge in [-0.3, -0.25) is 4.79 Å². The van der Waals surface area contributed by atoms with E-state index in [4.69, 9.17) is 16.0 Å². The molecule has 3 nitrogen and oxygen atoms in total. The van der Waals surface area contributed by atoms with Gasteiger partial charge in [-0.25, -0.2) is 9.37 Å². The highest BCUT2D eigenvalue weighted by Crippen LogP contribution is 2.48. The summed E-state index contributed by atoms with van der Waals surface area (Å²) >= 11 is 5.66. The van der Waals surface area contributed by atoms with Crippen molar-refractivity contribution < 1.29 is 13.6 Å². The minimum atomic E-state index is -1.89. The molecule has 0 atom stereocenters. The second-order valence-corrected chi connectivity index (χ2v) is 13.3. The number of hydrogen-bond donors (Lipinski definition) is 0. The highest BCUT2D eigenvalue weighted by Gasteiger charge is 2.50. The Morgan fingerprint density at radius 1 is 1.43 bits per heavy atom. The number of Topliss-reactive ketones (excluding diaryl/α,β-unsaturated/α-hetero) is 1. The highest BCUT2D eigenvalue weighted by molar-refractivity contribution is 6.74. The van der Waals surface area contributed by atoms with E-state index < -0.39 is 14.1 Å². The van der Waals surface area contributed by atoms with Crippen LogP contribution < -0.4 is 0 Å². The van der Waals surface area contributed by atoms with Crippen molar-refractivity contribution in [3.8, 4) is 0 Å². The average molecular weight is 358 g/mol. The molecule has 0 spiro atoms. The molecule has 1 fully saturated rings. The van der Waals surface area contributed by atoms with Gasteiger partial charge in [0.25, 0.3) is 0 Å². The van der Waals surface area contributed by atoms with Crippen LogP contribution in [0.25, 0.3) is 0 Å². The average Bonchev–Trinajstić information content (AvgIpc) is 2.36. The van der Waals surface area contributed by atoms with E-state index in [0.29, 0.717) is 12.8 Å². The first-order valence-electron chi connectivity index (χ1n) is 7.91. The van der Waals surface area contributed by atoms with Gasteiger partial charge >= 0.3 is 0 Å². The molecule has 0 N–H and O–H groups in total. The maximum atomic E-state index is 14.0. The lowest BCUT2D eigenvalue weighted by Gasteiger charge is -2.51. The van der Waals surface area contributed by atoms with E-state index in [2.05, 4.69) is 38.8 Å². The van der Waals surface area contributed by atoms with Gasteiger partial charge in [0.1, 0.15) is 0 Å². The van der Waals surface area contributed by atoms with Crippen molar-refractivity contribution in [2.45, 2.75) is 64.3 Å². The molecule has 6 heteroatoms. The lowest BCUT2D eigenvalue weighted by atomic mass is 9.69. The fourth-order valence-corrected chi connectivity index (χ4v) is 4.71. The van der Waals surface area contributed by atoms with Gasteiger partial charge in [0.05, 0.1) is 11.2 Å². The van der Waals surface area contributed by atoms with Crippen LogP contribution in [0.4, 0.5) is 4.39 Å². The molecule has 1 heterocycles. The van der Waals surface area contributed by atoms with Crippen molar-refractivity contribution in [3.05, 3.63) is 28.8 Å². The standard InChI is InChI=1S/C17H25ClFNO2Si/c1-16(2,3)23(5,6)22-17(4)9-11(10-17)14(21)12-7-8-20-15(18)13(12)19/h7-8,11H,9-10H2,1-6H3. The molecule has 0 saturated heterocycles. The van der Waals surface area contributed by atoms with Gasteiger partial charge < -0.3 is 4.43 Å². The zero-order valence-electron chi connectivity index (χ0n) is 14.7. The van der Waals surface area contributed by atoms with Crippen LogP contribution in [0.15, 0.2) is 12.3 Å². The third-order valence-corrected chi connectivity index (χ3v) is 10.0. The van der Waals surface area contributed by atoms with Gasteiger partial charge in [0, 0.05) is 12.1 Å². The molecular formula is C17H25ClFNO2Si. The molecule has 1 aliphatic rings. The smallest absolute Gasteiger partial charge is 0.192 e. The number of ketones is 1. The Balaban J connectivity index is 2.06. The normalized spacial score (nSPS) is 25.1. The molecule has 0 amide bonds. The number of rotatable bonds is 4. The fourth-order valence-electron chi connectivity index (χ4n) is 2.85. The summed E-state index contributed by atoms with van der Waals surface area (Å²) in [7, 11) is -1.89. The van der Waals surface area contributed by atoms with E-state index in [-0.39, 0.29) is 33.1 Å². The van der Waals surface area contributed by atoms with Gasteiger partial charge in [-0.15, -0.1) is 0 Å². The van der Waals surface area contributed by atoms with Crippen molar-refractivity contribution in [2.24, 2.45) is 5.92 Å². The van der Waals surface area contributed by atoms with E-state index in [0.717, 1.165) is 0 Å². The lowest BCUT2D eigenvalue weighted by Crippen LogP contribution is -2.55. The molecular weight excluding hydrogens is 333 g/mol. The van der Waals surface area contributed by atoms with E-state index in [1.165, 1.54) is 12.3 Å². The number of nitrogens with zero attached hydrogens (tertiary/aromatic N) is 1. The summed E-state index contributed by atoms with van der Waals surface area (Å²) in [6.07, 6.45) is 2.61. The molecule has 0 aliphatic heterocycles. The number of halogens is 2. The van der Waals surface area contributed by atoms with Crippen LogP contribution in [-0.4, -0.2) is 24.7 Å². The minimum absolute atomic E-state index is 0.0318. The van der Waals surface area contributed by atoms with Crippen LogP contribution in [0.2, 0.25) is 23.3 Å². The molecule has 1 saturated carbocycles. The molecule has 1 aliphatic carbocycles. The predicted molar refractivity (Wildman–Crippen MR) is 92.9 cm³/mol. The summed E-state index contributed by atoms with van der Waals surface area (Å²) in [6.45, 7) is 13.0. The number of pyridine rings is 1. The summed E-state index contributed by atoms with van der Waals surface area (Å²) in [5.74, 6) is -1.14.